The van der Waals surface area contributed by atoms with E-state index in [0.717, 1.165) is 31.7 Å². The Morgan fingerprint density at radius 3 is 2.54 bits per heavy atom. The van der Waals surface area contributed by atoms with E-state index in [1.807, 2.05) is 4.90 Å². The number of hydrogen-bond acceptors (Lipinski definition) is 4. The van der Waals surface area contributed by atoms with Gasteiger partial charge in [-0.25, -0.2) is 0 Å². The van der Waals surface area contributed by atoms with Gasteiger partial charge >= 0.3 is 0 Å². The van der Waals surface area contributed by atoms with Crippen LogP contribution in [0.15, 0.2) is 0 Å². The fourth-order valence-corrected chi connectivity index (χ4v) is 5.32. The molecule has 4 atom stereocenters. The maximum atomic E-state index is 12.9. The number of nitrogens with two attached hydrogens (primary N) is 1. The maximum absolute atomic E-state index is 12.9. The van der Waals surface area contributed by atoms with E-state index in [1.54, 1.807) is 16.7 Å². The highest BCUT2D eigenvalue weighted by molar-refractivity contribution is 7.99. The molecule has 0 spiro atoms. The minimum atomic E-state index is -0.273. The Morgan fingerprint density at radius 2 is 1.92 bits per heavy atom. The molecule has 4 unspecified atom stereocenters. The van der Waals surface area contributed by atoms with Gasteiger partial charge in [0.05, 0.1) is 5.88 Å². The molecule has 2 saturated heterocycles. The Labute approximate surface area is 155 Å². The van der Waals surface area contributed by atoms with Crippen molar-refractivity contribution in [2.75, 3.05) is 24.7 Å². The first-order chi connectivity index (χ1) is 10.8. The van der Waals surface area contributed by atoms with Gasteiger partial charge in [-0.05, 0) is 30.1 Å². The fraction of sp³-hybridized carbons (Fsp3) is 0.882. The van der Waals surface area contributed by atoms with Gasteiger partial charge in [-0.15, -0.1) is 24.2 Å². The van der Waals surface area contributed by atoms with E-state index in [1.165, 1.54) is 0 Å². The summed E-state index contributed by atoms with van der Waals surface area (Å²) >= 11 is 1.69. The molecule has 24 heavy (non-hydrogen) atoms. The van der Waals surface area contributed by atoms with Crippen LogP contribution in [0.25, 0.3) is 0 Å². The Kier molecular flexibility index (Phi) is 6.14. The van der Waals surface area contributed by atoms with E-state index < -0.39 is 0 Å². The first kappa shape index (κ1) is 19.9. The summed E-state index contributed by atoms with van der Waals surface area (Å²) in [6.07, 6.45) is 2.72. The summed E-state index contributed by atoms with van der Waals surface area (Å²) in [4.78, 5) is 29.3. The highest BCUT2D eigenvalue weighted by Gasteiger charge is 2.45. The third kappa shape index (κ3) is 4.02. The van der Waals surface area contributed by atoms with E-state index >= 15 is 0 Å². The van der Waals surface area contributed by atoms with Crippen LogP contribution in [-0.4, -0.2) is 58.4 Å². The molecule has 0 aromatic heterocycles. The number of nitrogens with zero attached hydrogens (tertiary/aromatic N) is 2. The molecule has 1 aliphatic carbocycles. The molecule has 3 aliphatic rings. The number of amides is 2. The third-order valence-electron chi connectivity index (χ3n) is 5.39. The van der Waals surface area contributed by atoms with Gasteiger partial charge < -0.3 is 15.5 Å². The third-order valence-corrected chi connectivity index (χ3v) is 6.41. The summed E-state index contributed by atoms with van der Waals surface area (Å²) in [5, 5.41) is 0. The van der Waals surface area contributed by atoms with E-state index in [0.29, 0.717) is 24.1 Å². The van der Waals surface area contributed by atoms with Gasteiger partial charge in [0.25, 0.3) is 0 Å². The molecular formula is C17H30ClN3O2S. The van der Waals surface area contributed by atoms with E-state index in [-0.39, 0.29) is 41.7 Å². The van der Waals surface area contributed by atoms with Crippen LogP contribution in [0, 0.1) is 17.3 Å². The van der Waals surface area contributed by atoms with Crippen LogP contribution >= 0.6 is 24.2 Å². The van der Waals surface area contributed by atoms with Crippen LogP contribution in [-0.2, 0) is 9.59 Å². The first-order valence-electron chi connectivity index (χ1n) is 8.68. The molecule has 0 radical (unpaired) electrons. The number of carbonyl (C=O) groups excluding carboxylic acids is 2. The number of likely N-dealkylation sites (tertiary alicyclic amines) is 1. The second kappa shape index (κ2) is 7.42. The van der Waals surface area contributed by atoms with Crippen molar-refractivity contribution in [2.24, 2.45) is 23.0 Å². The number of hydrogen-bond donors (Lipinski definition) is 1. The Balaban J connectivity index is 0.00000208. The van der Waals surface area contributed by atoms with E-state index in [9.17, 15) is 9.59 Å². The number of thioether (sulfide) groups is 1. The highest BCUT2D eigenvalue weighted by atomic mass is 35.5. The average Bonchev–Trinajstić information content (AvgIpc) is 3.13. The van der Waals surface area contributed by atoms with Gasteiger partial charge in [0.15, 0.2) is 0 Å². The molecule has 0 aromatic rings. The van der Waals surface area contributed by atoms with Crippen LogP contribution in [0.3, 0.4) is 0 Å². The molecule has 0 aromatic carbocycles. The predicted octanol–water partition coefficient (Wildman–Crippen LogP) is 1.94. The maximum Gasteiger partial charge on any atom is 0.246 e. The number of carbonyl (C=O) groups is 2. The van der Waals surface area contributed by atoms with Crippen molar-refractivity contribution in [3.8, 4) is 0 Å². The lowest BCUT2D eigenvalue weighted by Crippen LogP contribution is -2.49. The van der Waals surface area contributed by atoms with Gasteiger partial charge in [0.2, 0.25) is 11.8 Å². The monoisotopic (exact) mass is 375 g/mol. The van der Waals surface area contributed by atoms with E-state index in [4.69, 9.17) is 5.73 Å². The van der Waals surface area contributed by atoms with Crippen molar-refractivity contribution >= 4 is 36.0 Å². The highest BCUT2D eigenvalue weighted by Crippen LogP contribution is 2.38. The molecule has 2 N–H and O–H groups in total. The zero-order valence-corrected chi connectivity index (χ0v) is 16.5. The lowest BCUT2D eigenvalue weighted by molar-refractivity contribution is -0.143. The van der Waals surface area contributed by atoms with Crippen molar-refractivity contribution in [1.82, 2.24) is 9.80 Å². The van der Waals surface area contributed by atoms with Crippen molar-refractivity contribution in [3.05, 3.63) is 0 Å². The Bertz CT molecular complexity index is 497. The quantitative estimate of drug-likeness (QED) is 0.800. The minimum absolute atomic E-state index is 0. The minimum Gasteiger partial charge on any atom is -0.340 e. The molecule has 5 nitrogen and oxygen atoms in total. The van der Waals surface area contributed by atoms with Gasteiger partial charge in [-0.2, -0.15) is 0 Å². The first-order valence-corrected chi connectivity index (χ1v) is 9.83. The molecule has 3 fully saturated rings. The van der Waals surface area contributed by atoms with Crippen molar-refractivity contribution in [1.29, 1.82) is 0 Å². The number of rotatable bonds is 2. The topological polar surface area (TPSA) is 66.6 Å². The van der Waals surface area contributed by atoms with Gasteiger partial charge in [0.1, 0.15) is 6.04 Å². The number of halogens is 1. The summed E-state index contributed by atoms with van der Waals surface area (Å²) in [6.45, 7) is 7.81. The average molecular weight is 376 g/mol. The molecule has 2 aliphatic heterocycles. The normalized spacial score (nSPS) is 32.7. The summed E-state index contributed by atoms with van der Waals surface area (Å²) in [5.41, 5.74) is 6.13. The summed E-state index contributed by atoms with van der Waals surface area (Å²) < 4.78 is 0. The SMILES string of the molecule is CC(C)(C)CC(=O)N1CSCC1C(=O)N1CC2CCC(N)C2C1.Cl. The predicted molar refractivity (Wildman–Crippen MR) is 100 cm³/mol. The van der Waals surface area contributed by atoms with E-state index in [2.05, 4.69) is 20.8 Å². The van der Waals surface area contributed by atoms with Crippen LogP contribution < -0.4 is 5.73 Å². The van der Waals surface area contributed by atoms with Crippen LogP contribution in [0.5, 0.6) is 0 Å². The lowest BCUT2D eigenvalue weighted by Gasteiger charge is -2.30. The second-order valence-electron chi connectivity index (χ2n) is 8.53. The molecule has 7 heteroatoms. The zero-order chi connectivity index (χ0) is 16.8. The van der Waals surface area contributed by atoms with Gasteiger partial charge in [0, 0.05) is 31.3 Å². The van der Waals surface area contributed by atoms with Crippen LogP contribution in [0.1, 0.15) is 40.0 Å². The Hall–Kier alpha value is -0.460. The van der Waals surface area contributed by atoms with Gasteiger partial charge in [-0.1, -0.05) is 20.8 Å². The largest absolute Gasteiger partial charge is 0.340 e. The number of fused-ring (bicyclic) bond motifs is 1. The fourth-order valence-electron chi connectivity index (χ4n) is 4.15. The second-order valence-corrected chi connectivity index (χ2v) is 9.52. The Morgan fingerprint density at radius 1 is 1.21 bits per heavy atom. The summed E-state index contributed by atoms with van der Waals surface area (Å²) in [7, 11) is 0. The molecule has 0 bridgehead atoms. The van der Waals surface area contributed by atoms with Crippen molar-refractivity contribution in [2.45, 2.75) is 52.1 Å². The van der Waals surface area contributed by atoms with Crippen LogP contribution in [0.2, 0.25) is 0 Å². The molecule has 2 amide bonds. The van der Waals surface area contributed by atoms with Crippen LogP contribution in [0.4, 0.5) is 0 Å². The standard InChI is InChI=1S/C17H29N3O2S.ClH/c1-17(2,3)6-15(21)20-10-23-9-14(20)16(22)19-7-11-4-5-13(18)12(11)8-19;/h11-14H,4-10,18H2,1-3H3;1H. The van der Waals surface area contributed by atoms with Crippen molar-refractivity contribution in [3.63, 3.8) is 0 Å². The molecule has 3 rings (SSSR count). The van der Waals surface area contributed by atoms with Crippen molar-refractivity contribution < 1.29 is 9.59 Å². The molecule has 138 valence electrons. The molecular weight excluding hydrogens is 346 g/mol. The smallest absolute Gasteiger partial charge is 0.246 e. The summed E-state index contributed by atoms with van der Waals surface area (Å²) in [5.74, 6) is 2.65. The van der Waals surface area contributed by atoms with Gasteiger partial charge in [-0.3, -0.25) is 9.59 Å². The summed E-state index contributed by atoms with van der Waals surface area (Å²) in [6, 6.07) is -0.0284. The molecule has 2 heterocycles. The molecule has 1 saturated carbocycles. The zero-order valence-electron chi connectivity index (χ0n) is 14.9. The lowest BCUT2D eigenvalue weighted by atomic mass is 9.91.